The Morgan fingerprint density at radius 2 is 1.65 bits per heavy atom. The van der Waals surface area contributed by atoms with Crippen molar-refractivity contribution in [3.63, 3.8) is 0 Å². The number of halogens is 1. The number of hydrogen-bond acceptors (Lipinski definition) is 3. The van der Waals surface area contributed by atoms with Crippen LogP contribution in [-0.4, -0.2) is 40.7 Å². The number of carbonyl (C=O) groups is 1. The van der Waals surface area contributed by atoms with Gasteiger partial charge in [0.2, 0.25) is 3.79 Å². The van der Waals surface area contributed by atoms with Gasteiger partial charge in [0.1, 0.15) is 11.7 Å². The van der Waals surface area contributed by atoms with Gasteiger partial charge in [-0.3, -0.25) is 9.28 Å². The summed E-state index contributed by atoms with van der Waals surface area (Å²) < 4.78 is 0.614. The molecule has 0 saturated heterocycles. The van der Waals surface area contributed by atoms with Crippen LogP contribution in [0, 0.1) is 0 Å². The predicted octanol–water partition coefficient (Wildman–Crippen LogP) is 3.38. The Bertz CT molecular complexity index is 472. The summed E-state index contributed by atoms with van der Waals surface area (Å²) in [6.07, 6.45) is 0. The van der Waals surface area contributed by atoms with Gasteiger partial charge in [0, 0.05) is 28.1 Å². The number of carbonyl (C=O) groups excluding carboxylic acids is 1. The highest BCUT2D eigenvalue weighted by atomic mass is 127. The first-order valence-electron chi connectivity index (χ1n) is 6.54. The highest BCUT2D eigenvalue weighted by Gasteiger charge is 2.33. The van der Waals surface area contributed by atoms with Crippen molar-refractivity contribution < 1.29 is 10.0 Å². The number of benzene rings is 1. The molecule has 1 atom stereocenters. The van der Waals surface area contributed by atoms with Gasteiger partial charge in [-0.05, 0) is 38.5 Å². The van der Waals surface area contributed by atoms with Crippen LogP contribution < -0.4 is 4.48 Å². The third kappa shape index (κ3) is 4.25. The minimum absolute atomic E-state index is 0.0991. The first-order valence-corrected chi connectivity index (χ1v) is 7.62. The van der Waals surface area contributed by atoms with E-state index < -0.39 is 11.6 Å². The molecule has 0 fully saturated rings. The summed E-state index contributed by atoms with van der Waals surface area (Å²) in [4.78, 5) is 11.9. The Hall–Kier alpha value is -0.500. The lowest BCUT2D eigenvalue weighted by atomic mass is 10.0. The summed E-state index contributed by atoms with van der Waals surface area (Å²) >= 11 is 1.74. The Kier molecular flexibility index (Phi) is 5.34. The van der Waals surface area contributed by atoms with Crippen LogP contribution >= 0.6 is 22.6 Å². The van der Waals surface area contributed by atoms with E-state index in [0.29, 0.717) is 4.48 Å². The van der Waals surface area contributed by atoms with Crippen LogP contribution in [0.25, 0.3) is 0 Å². The van der Waals surface area contributed by atoms with Crippen LogP contribution in [0.2, 0.25) is 0 Å². The van der Waals surface area contributed by atoms with Gasteiger partial charge in [-0.15, -0.1) is 0 Å². The molecule has 1 aromatic rings. The van der Waals surface area contributed by atoms with Crippen molar-refractivity contribution >= 4 is 32.1 Å². The van der Waals surface area contributed by atoms with Crippen LogP contribution in [0.4, 0.5) is 5.69 Å². The van der Waals surface area contributed by atoms with Gasteiger partial charge in [0.15, 0.2) is 0 Å². The zero-order chi connectivity index (χ0) is 15.7. The van der Waals surface area contributed by atoms with Crippen molar-refractivity contribution in [2.75, 3.05) is 21.1 Å². The summed E-state index contributed by atoms with van der Waals surface area (Å²) in [5.41, 5.74) is 1.46. The summed E-state index contributed by atoms with van der Waals surface area (Å²) in [6, 6.07) is 7.18. The maximum atomic E-state index is 11.9. The molecule has 0 aliphatic heterocycles. The molecule has 0 spiro atoms. The monoisotopic (exact) mass is 391 g/mol. The Morgan fingerprint density at radius 1 is 1.20 bits per heavy atom. The van der Waals surface area contributed by atoms with E-state index in [1.54, 1.807) is 22.6 Å². The van der Waals surface area contributed by atoms with Crippen LogP contribution in [-0.2, 0) is 4.79 Å². The molecule has 0 amide bonds. The largest absolute Gasteiger partial charge is 0.312 e. The summed E-state index contributed by atoms with van der Waals surface area (Å²) in [5, 5.41) is 11.4. The average molecular weight is 391 g/mol. The van der Waals surface area contributed by atoms with Crippen molar-refractivity contribution in [2.45, 2.75) is 32.4 Å². The molecule has 1 rings (SSSR count). The van der Waals surface area contributed by atoms with Crippen LogP contribution in [0.3, 0.4) is 0 Å². The average Bonchev–Trinajstić information content (AvgIpc) is 2.26. The lowest BCUT2D eigenvalue weighted by Gasteiger charge is -2.35. The fourth-order valence-electron chi connectivity index (χ4n) is 1.86. The zero-order valence-corrected chi connectivity index (χ0v) is 15.2. The Balaban J connectivity index is 3.15. The molecule has 0 radical (unpaired) electrons. The fourth-order valence-corrected chi connectivity index (χ4v) is 2.48. The number of hydrogen-bond donors (Lipinski definition) is 1. The molecule has 0 aromatic heterocycles. The van der Waals surface area contributed by atoms with Crippen molar-refractivity contribution in [1.82, 2.24) is 9.55 Å². The SMILES string of the molecule is CC(C)(C)N(O)C(C(=O)I)c1ccc([N+](C)(C)C)cc1. The van der Waals surface area contributed by atoms with Gasteiger partial charge in [-0.2, -0.15) is 5.06 Å². The minimum atomic E-state index is -0.642. The lowest BCUT2D eigenvalue weighted by Crippen LogP contribution is -2.43. The third-order valence-electron chi connectivity index (χ3n) is 3.13. The highest BCUT2D eigenvalue weighted by molar-refractivity contribution is 14.1. The van der Waals surface area contributed by atoms with E-state index in [9.17, 15) is 10.0 Å². The maximum absolute atomic E-state index is 11.9. The van der Waals surface area contributed by atoms with Crippen molar-refractivity contribution in [3.05, 3.63) is 29.8 Å². The predicted molar refractivity (Wildman–Crippen MR) is 91.2 cm³/mol. The van der Waals surface area contributed by atoms with Crippen molar-refractivity contribution in [2.24, 2.45) is 0 Å². The molecule has 1 unspecified atom stereocenters. The molecule has 112 valence electrons. The number of quaternary nitrogens is 1. The topological polar surface area (TPSA) is 40.5 Å². The molecular formula is C15H24IN2O2+. The molecular weight excluding hydrogens is 367 g/mol. The summed E-state index contributed by atoms with van der Waals surface area (Å²) in [5.74, 6) is 0. The van der Waals surface area contributed by atoms with Gasteiger partial charge in [0.05, 0.1) is 21.1 Å². The first kappa shape index (κ1) is 17.6. The van der Waals surface area contributed by atoms with Gasteiger partial charge < -0.3 is 5.21 Å². The second-order valence-electron chi connectivity index (χ2n) is 6.83. The van der Waals surface area contributed by atoms with E-state index in [1.165, 1.54) is 0 Å². The fraction of sp³-hybridized carbons (Fsp3) is 0.533. The molecule has 0 heterocycles. The number of nitrogens with zero attached hydrogens (tertiary/aromatic N) is 2. The Morgan fingerprint density at radius 3 is 1.95 bits per heavy atom. The van der Waals surface area contributed by atoms with E-state index in [4.69, 9.17) is 0 Å². The van der Waals surface area contributed by atoms with E-state index in [1.807, 2.05) is 45.0 Å². The van der Waals surface area contributed by atoms with E-state index >= 15 is 0 Å². The molecule has 20 heavy (non-hydrogen) atoms. The van der Waals surface area contributed by atoms with Crippen molar-refractivity contribution in [3.8, 4) is 0 Å². The van der Waals surface area contributed by atoms with E-state index in [2.05, 4.69) is 21.1 Å². The number of hydroxylamine groups is 2. The number of rotatable bonds is 4. The van der Waals surface area contributed by atoms with Crippen LogP contribution in [0.15, 0.2) is 24.3 Å². The third-order valence-corrected chi connectivity index (χ3v) is 3.72. The maximum Gasteiger partial charge on any atom is 0.216 e. The first-order chi connectivity index (χ1) is 8.94. The van der Waals surface area contributed by atoms with Crippen LogP contribution in [0.1, 0.15) is 32.4 Å². The summed E-state index contributed by atoms with van der Waals surface area (Å²) in [7, 11) is 6.26. The van der Waals surface area contributed by atoms with E-state index in [0.717, 1.165) is 16.3 Å². The minimum Gasteiger partial charge on any atom is -0.312 e. The molecule has 1 aromatic carbocycles. The normalized spacial score (nSPS) is 14.4. The standard InChI is InChI=1S/C15H24IN2O2/c1-15(2,3)17(20)13(14(16)19)11-7-9-12(10-8-11)18(4,5)6/h7-10,13,20H,1-6H3/q+1. The molecule has 0 saturated carbocycles. The molecule has 0 bridgehead atoms. The lowest BCUT2D eigenvalue weighted by molar-refractivity contribution is -0.187. The molecule has 0 aliphatic carbocycles. The molecule has 5 heteroatoms. The van der Waals surface area contributed by atoms with Gasteiger partial charge in [-0.25, -0.2) is 0 Å². The van der Waals surface area contributed by atoms with Crippen LogP contribution in [0.5, 0.6) is 0 Å². The highest BCUT2D eigenvalue weighted by Crippen LogP contribution is 2.30. The van der Waals surface area contributed by atoms with E-state index in [-0.39, 0.29) is 3.79 Å². The molecule has 4 nitrogen and oxygen atoms in total. The Labute approximate surface area is 135 Å². The van der Waals surface area contributed by atoms with Crippen molar-refractivity contribution in [1.29, 1.82) is 0 Å². The molecule has 0 aliphatic rings. The van der Waals surface area contributed by atoms with Gasteiger partial charge in [-0.1, -0.05) is 12.1 Å². The zero-order valence-electron chi connectivity index (χ0n) is 13.0. The smallest absolute Gasteiger partial charge is 0.216 e. The molecule has 1 N–H and O–H groups in total. The quantitative estimate of drug-likeness (QED) is 0.370. The van der Waals surface area contributed by atoms with Gasteiger partial charge >= 0.3 is 0 Å². The second-order valence-corrected chi connectivity index (χ2v) is 7.89. The van der Waals surface area contributed by atoms with Gasteiger partial charge in [0.25, 0.3) is 0 Å². The summed E-state index contributed by atoms with van der Waals surface area (Å²) in [6.45, 7) is 5.62. The second kappa shape index (κ2) is 6.09.